The van der Waals surface area contributed by atoms with Gasteiger partial charge in [0.25, 0.3) is 0 Å². The van der Waals surface area contributed by atoms with E-state index in [2.05, 4.69) is 9.78 Å². The second kappa shape index (κ2) is 2.26. The van der Waals surface area contributed by atoms with E-state index in [1.807, 2.05) is 0 Å². The van der Waals surface area contributed by atoms with Crippen LogP contribution in [0.4, 0.5) is 0 Å². The average molecular weight is 103 g/mol. The Balaban J connectivity index is 2.12. The molecule has 2 N–H and O–H groups in total. The standard InChI is InChI=1S/C4H9NO2/c5-4-1-2-6-7-3-4/h4H,1-3,5H2. The first kappa shape index (κ1) is 5.03. The smallest absolute Gasteiger partial charge is 0.0974 e. The Bertz CT molecular complexity index is 51.7. The number of hydrogen-bond acceptors (Lipinski definition) is 3. The zero-order valence-corrected chi connectivity index (χ0v) is 4.09. The van der Waals surface area contributed by atoms with Crippen molar-refractivity contribution in [2.45, 2.75) is 12.5 Å². The minimum absolute atomic E-state index is 0.189. The summed E-state index contributed by atoms with van der Waals surface area (Å²) in [5.41, 5.74) is 5.43. The van der Waals surface area contributed by atoms with Gasteiger partial charge in [0.05, 0.1) is 13.2 Å². The van der Waals surface area contributed by atoms with E-state index in [1.54, 1.807) is 0 Å². The van der Waals surface area contributed by atoms with E-state index in [4.69, 9.17) is 5.73 Å². The minimum Gasteiger partial charge on any atom is -0.326 e. The molecule has 1 aliphatic heterocycles. The van der Waals surface area contributed by atoms with E-state index < -0.39 is 0 Å². The van der Waals surface area contributed by atoms with Crippen LogP contribution < -0.4 is 5.73 Å². The van der Waals surface area contributed by atoms with Gasteiger partial charge in [0.15, 0.2) is 0 Å². The summed E-state index contributed by atoms with van der Waals surface area (Å²) in [4.78, 5) is 9.12. The Kier molecular flexibility index (Phi) is 1.62. The third kappa shape index (κ3) is 1.43. The lowest BCUT2D eigenvalue weighted by molar-refractivity contribution is -0.315. The Labute approximate surface area is 42.3 Å². The molecule has 0 bridgehead atoms. The summed E-state index contributed by atoms with van der Waals surface area (Å²) in [6, 6.07) is 0.189. The summed E-state index contributed by atoms with van der Waals surface area (Å²) >= 11 is 0. The maximum absolute atomic E-state index is 5.43. The van der Waals surface area contributed by atoms with Crippen molar-refractivity contribution in [2.24, 2.45) is 5.73 Å². The topological polar surface area (TPSA) is 44.5 Å². The van der Waals surface area contributed by atoms with Crippen molar-refractivity contribution in [3.05, 3.63) is 0 Å². The van der Waals surface area contributed by atoms with Crippen molar-refractivity contribution in [3.8, 4) is 0 Å². The van der Waals surface area contributed by atoms with Crippen LogP contribution >= 0.6 is 0 Å². The fraction of sp³-hybridized carbons (Fsp3) is 1.00. The molecule has 1 saturated heterocycles. The Morgan fingerprint density at radius 1 is 1.43 bits per heavy atom. The highest BCUT2D eigenvalue weighted by Gasteiger charge is 2.07. The van der Waals surface area contributed by atoms with E-state index >= 15 is 0 Å². The van der Waals surface area contributed by atoms with Crippen LogP contribution in [0.3, 0.4) is 0 Å². The first-order valence-corrected chi connectivity index (χ1v) is 2.39. The highest BCUT2D eigenvalue weighted by molar-refractivity contribution is 4.59. The zero-order chi connectivity index (χ0) is 5.11. The second-order valence-electron chi connectivity index (χ2n) is 1.66. The number of hydrogen-bond donors (Lipinski definition) is 1. The molecule has 1 atom stereocenters. The van der Waals surface area contributed by atoms with Crippen LogP contribution in [0.15, 0.2) is 0 Å². The molecular formula is C4H9NO2. The van der Waals surface area contributed by atoms with Gasteiger partial charge < -0.3 is 5.73 Å². The summed E-state index contributed by atoms with van der Waals surface area (Å²) in [7, 11) is 0. The van der Waals surface area contributed by atoms with Gasteiger partial charge in [-0.2, -0.15) is 0 Å². The molecule has 7 heavy (non-hydrogen) atoms. The van der Waals surface area contributed by atoms with Crippen LogP contribution in [0.25, 0.3) is 0 Å². The fourth-order valence-corrected chi connectivity index (χ4v) is 0.477. The van der Waals surface area contributed by atoms with Gasteiger partial charge in [0, 0.05) is 6.04 Å². The third-order valence-electron chi connectivity index (χ3n) is 0.937. The van der Waals surface area contributed by atoms with Gasteiger partial charge in [0.2, 0.25) is 0 Å². The molecule has 0 aromatic rings. The monoisotopic (exact) mass is 103 g/mol. The Morgan fingerprint density at radius 3 is 2.57 bits per heavy atom. The van der Waals surface area contributed by atoms with Crippen LogP contribution in [0.5, 0.6) is 0 Å². The van der Waals surface area contributed by atoms with Crippen molar-refractivity contribution in [1.82, 2.24) is 0 Å². The molecule has 1 rings (SSSR count). The van der Waals surface area contributed by atoms with Gasteiger partial charge in [-0.25, -0.2) is 9.78 Å². The first-order valence-electron chi connectivity index (χ1n) is 2.39. The highest BCUT2D eigenvalue weighted by Crippen LogP contribution is 1.97. The molecule has 0 amide bonds. The molecule has 3 nitrogen and oxygen atoms in total. The predicted octanol–water partition coefficient (Wildman–Crippen LogP) is -0.334. The normalized spacial score (nSPS) is 33.0. The molecule has 1 unspecified atom stereocenters. The van der Waals surface area contributed by atoms with Gasteiger partial charge in [-0.3, -0.25) is 0 Å². The molecule has 0 spiro atoms. The van der Waals surface area contributed by atoms with E-state index in [9.17, 15) is 0 Å². The quantitative estimate of drug-likeness (QED) is 0.427. The maximum atomic E-state index is 5.43. The lowest BCUT2D eigenvalue weighted by Gasteiger charge is -2.15. The molecule has 1 aliphatic rings. The summed E-state index contributed by atoms with van der Waals surface area (Å²) in [6.07, 6.45) is 0.917. The zero-order valence-electron chi connectivity index (χ0n) is 4.09. The Hall–Kier alpha value is -0.120. The molecule has 0 saturated carbocycles. The molecule has 1 fully saturated rings. The van der Waals surface area contributed by atoms with Crippen LogP contribution in [-0.2, 0) is 9.78 Å². The summed E-state index contributed by atoms with van der Waals surface area (Å²) in [5.74, 6) is 0. The molecule has 0 aliphatic carbocycles. The average Bonchev–Trinajstić information content (AvgIpc) is 1.69. The van der Waals surface area contributed by atoms with E-state index in [0.717, 1.165) is 6.42 Å². The van der Waals surface area contributed by atoms with Crippen molar-refractivity contribution < 1.29 is 9.78 Å². The van der Waals surface area contributed by atoms with Gasteiger partial charge >= 0.3 is 0 Å². The SMILES string of the molecule is NC1CCOOC1. The summed E-state index contributed by atoms with van der Waals surface area (Å²) in [6.45, 7) is 1.18. The molecule has 0 radical (unpaired) electrons. The molecule has 42 valence electrons. The van der Waals surface area contributed by atoms with Crippen LogP contribution in [0.2, 0.25) is 0 Å². The van der Waals surface area contributed by atoms with Crippen molar-refractivity contribution >= 4 is 0 Å². The van der Waals surface area contributed by atoms with Gasteiger partial charge in [-0.15, -0.1) is 0 Å². The second-order valence-corrected chi connectivity index (χ2v) is 1.66. The first-order chi connectivity index (χ1) is 3.39. The molecule has 1 heterocycles. The lowest BCUT2D eigenvalue weighted by atomic mass is 10.2. The predicted molar refractivity (Wildman–Crippen MR) is 24.5 cm³/mol. The summed E-state index contributed by atoms with van der Waals surface area (Å²) < 4.78 is 0. The van der Waals surface area contributed by atoms with Crippen LogP contribution in [0, 0.1) is 0 Å². The maximum Gasteiger partial charge on any atom is 0.0974 e. The fourth-order valence-electron chi connectivity index (χ4n) is 0.477. The molecule has 0 aromatic heterocycles. The van der Waals surface area contributed by atoms with Crippen molar-refractivity contribution in [2.75, 3.05) is 13.2 Å². The third-order valence-corrected chi connectivity index (χ3v) is 0.937. The van der Waals surface area contributed by atoms with E-state index in [0.29, 0.717) is 13.2 Å². The largest absolute Gasteiger partial charge is 0.326 e. The van der Waals surface area contributed by atoms with Crippen molar-refractivity contribution in [1.29, 1.82) is 0 Å². The van der Waals surface area contributed by atoms with Gasteiger partial charge in [-0.1, -0.05) is 0 Å². The van der Waals surface area contributed by atoms with Crippen LogP contribution in [0.1, 0.15) is 6.42 Å². The minimum atomic E-state index is 0.189. The van der Waals surface area contributed by atoms with Crippen LogP contribution in [-0.4, -0.2) is 19.3 Å². The van der Waals surface area contributed by atoms with E-state index in [-0.39, 0.29) is 6.04 Å². The number of nitrogens with two attached hydrogens (primary N) is 1. The van der Waals surface area contributed by atoms with E-state index in [1.165, 1.54) is 0 Å². The highest BCUT2D eigenvalue weighted by atomic mass is 17.2. The van der Waals surface area contributed by atoms with Gasteiger partial charge in [0.1, 0.15) is 0 Å². The molecular weight excluding hydrogens is 94.0 g/mol. The number of rotatable bonds is 0. The molecule has 3 heteroatoms. The lowest BCUT2D eigenvalue weighted by Crippen LogP contribution is -2.31. The Morgan fingerprint density at radius 2 is 2.29 bits per heavy atom. The van der Waals surface area contributed by atoms with Gasteiger partial charge in [-0.05, 0) is 6.42 Å². The molecule has 0 aromatic carbocycles. The summed E-state index contributed by atoms with van der Waals surface area (Å²) in [5, 5.41) is 0. The van der Waals surface area contributed by atoms with Crippen molar-refractivity contribution in [3.63, 3.8) is 0 Å².